The minimum Gasteiger partial charge on any atom is -0.508 e. The lowest BCUT2D eigenvalue weighted by molar-refractivity contribution is 0.0955. The number of benzene rings is 2. The van der Waals surface area contributed by atoms with Crippen LogP contribution in [0.25, 0.3) is 0 Å². The number of hydrogen-bond acceptors (Lipinski definition) is 5. The molecule has 0 saturated heterocycles. The van der Waals surface area contributed by atoms with Gasteiger partial charge in [0.2, 0.25) is 0 Å². The molecule has 5 rings (SSSR count). The van der Waals surface area contributed by atoms with Crippen molar-refractivity contribution in [1.29, 1.82) is 0 Å². The lowest BCUT2D eigenvalue weighted by Gasteiger charge is -2.49. The van der Waals surface area contributed by atoms with Crippen LogP contribution in [0.5, 0.6) is 17.2 Å². The Morgan fingerprint density at radius 2 is 1.94 bits per heavy atom. The van der Waals surface area contributed by atoms with Crippen LogP contribution >= 0.6 is 0 Å². The van der Waals surface area contributed by atoms with Crippen LogP contribution in [-0.4, -0.2) is 29.2 Å². The van der Waals surface area contributed by atoms with Crippen LogP contribution in [-0.2, 0) is 6.42 Å². The van der Waals surface area contributed by atoms with Gasteiger partial charge in [-0.05, 0) is 103 Å². The van der Waals surface area contributed by atoms with E-state index in [1.165, 1.54) is 36.1 Å². The maximum absolute atomic E-state index is 9.87. The third-order valence-corrected chi connectivity index (χ3v) is 8.04. The topological polar surface area (TPSA) is 74.4 Å². The highest BCUT2D eigenvalue weighted by Gasteiger charge is 2.53. The minimum absolute atomic E-state index is 0.123. The molecule has 162 valence electrons. The second-order valence-corrected chi connectivity index (χ2v) is 9.52. The van der Waals surface area contributed by atoms with Gasteiger partial charge in [0.25, 0.3) is 0 Å². The van der Waals surface area contributed by atoms with Crippen LogP contribution in [0.1, 0.15) is 61.6 Å². The molecule has 0 bridgehead atoms. The van der Waals surface area contributed by atoms with Crippen LogP contribution in [0.4, 0.5) is 0 Å². The average molecular weight is 419 g/mol. The molecule has 2 N–H and O–H groups in total. The van der Waals surface area contributed by atoms with Crippen molar-refractivity contribution >= 4 is 11.9 Å². The zero-order valence-corrected chi connectivity index (χ0v) is 18.2. The Kier molecular flexibility index (Phi) is 4.99. The molecule has 31 heavy (non-hydrogen) atoms. The van der Waals surface area contributed by atoms with Crippen molar-refractivity contribution < 1.29 is 14.9 Å². The van der Waals surface area contributed by atoms with Crippen molar-refractivity contribution in [3.05, 3.63) is 53.1 Å². The molecule has 3 aliphatic rings. The predicted octanol–water partition coefficient (Wildman–Crippen LogP) is 5.44. The third kappa shape index (κ3) is 3.40. The molecule has 5 heteroatoms. The maximum Gasteiger partial charge on any atom is 0.161 e. The normalized spacial score (nSPS) is 30.8. The molecule has 2 fully saturated rings. The Bertz CT molecular complexity index is 1060. The fourth-order valence-electron chi connectivity index (χ4n) is 6.46. The van der Waals surface area contributed by atoms with Gasteiger partial charge in [0.05, 0.1) is 13.3 Å². The van der Waals surface area contributed by atoms with Gasteiger partial charge < -0.3 is 14.9 Å². The standard InChI is InChI=1S/C26H30N2O3/c1-26-12-11-20-19-7-5-18(29)14-17(19)4-6-21(20)22(26)8-10-25(26)28-27-15-16-3-9-23(30)24(13-16)31-2/h3,5,7,9,13-15,20-22,29-30H,4,6,8,10-12H2,1-2H3/b27-15-,28-25-/t20-,21-,22-,26-/m0/s1. The van der Waals surface area contributed by atoms with E-state index in [2.05, 4.69) is 18.1 Å². The molecule has 2 saturated carbocycles. The Balaban J connectivity index is 1.36. The summed E-state index contributed by atoms with van der Waals surface area (Å²) in [5.41, 5.74) is 5.01. The van der Waals surface area contributed by atoms with Gasteiger partial charge in [0.15, 0.2) is 11.5 Å². The van der Waals surface area contributed by atoms with E-state index in [1.54, 1.807) is 25.5 Å². The molecular weight excluding hydrogens is 388 g/mol. The molecule has 5 nitrogen and oxygen atoms in total. The van der Waals surface area contributed by atoms with Gasteiger partial charge >= 0.3 is 0 Å². The third-order valence-electron chi connectivity index (χ3n) is 8.04. The summed E-state index contributed by atoms with van der Waals surface area (Å²) in [7, 11) is 1.54. The number of phenolic OH excluding ortho intramolecular Hbond substituents is 2. The van der Waals surface area contributed by atoms with Crippen molar-refractivity contribution in [2.45, 2.75) is 51.4 Å². The first kappa shape index (κ1) is 20.1. The van der Waals surface area contributed by atoms with Crippen LogP contribution < -0.4 is 4.74 Å². The van der Waals surface area contributed by atoms with E-state index in [4.69, 9.17) is 9.84 Å². The van der Waals surface area contributed by atoms with Gasteiger partial charge in [-0.1, -0.05) is 13.0 Å². The number of aromatic hydroxyl groups is 2. The van der Waals surface area contributed by atoms with Gasteiger partial charge in [0.1, 0.15) is 5.75 Å². The number of aryl methyl sites for hydroxylation is 1. The molecule has 0 radical (unpaired) electrons. The molecule has 2 aromatic carbocycles. The van der Waals surface area contributed by atoms with Crippen LogP contribution in [0, 0.1) is 17.3 Å². The van der Waals surface area contributed by atoms with E-state index < -0.39 is 0 Å². The van der Waals surface area contributed by atoms with Crippen molar-refractivity contribution in [2.24, 2.45) is 27.5 Å². The first-order chi connectivity index (χ1) is 15.0. The Hall–Kier alpha value is -2.82. The number of nitrogens with zero attached hydrogens (tertiary/aromatic N) is 2. The van der Waals surface area contributed by atoms with Gasteiger partial charge in [-0.15, -0.1) is 0 Å². The van der Waals surface area contributed by atoms with Crippen LogP contribution in [0.2, 0.25) is 0 Å². The highest BCUT2D eigenvalue weighted by Crippen LogP contribution is 2.60. The smallest absolute Gasteiger partial charge is 0.161 e. The lowest BCUT2D eigenvalue weighted by Crippen LogP contribution is -2.42. The van der Waals surface area contributed by atoms with E-state index in [1.807, 2.05) is 18.2 Å². The minimum atomic E-state index is 0.123. The molecule has 2 aromatic rings. The molecule has 0 aromatic heterocycles. The van der Waals surface area contributed by atoms with E-state index in [-0.39, 0.29) is 11.2 Å². The highest BCUT2D eigenvalue weighted by atomic mass is 16.5. The van der Waals surface area contributed by atoms with E-state index in [9.17, 15) is 10.2 Å². The zero-order chi connectivity index (χ0) is 21.6. The number of methoxy groups -OCH3 is 1. The molecule has 3 aliphatic carbocycles. The molecule has 0 aliphatic heterocycles. The SMILES string of the molecule is COc1cc(/C=N\N=C2\CC[C@H]3[C@H]4CCc5cc(O)ccc5[C@@H]4CC[C@]23C)ccc1O. The monoisotopic (exact) mass is 418 g/mol. The summed E-state index contributed by atoms with van der Waals surface area (Å²) in [6, 6.07) is 11.2. The summed E-state index contributed by atoms with van der Waals surface area (Å²) in [5, 5.41) is 28.7. The van der Waals surface area contributed by atoms with E-state index >= 15 is 0 Å². The predicted molar refractivity (Wildman–Crippen MR) is 122 cm³/mol. The average Bonchev–Trinajstić information content (AvgIpc) is 3.11. The summed E-state index contributed by atoms with van der Waals surface area (Å²) in [4.78, 5) is 0. The van der Waals surface area contributed by atoms with Gasteiger partial charge in [-0.3, -0.25) is 0 Å². The summed E-state index contributed by atoms with van der Waals surface area (Å²) in [6.07, 6.45) is 8.51. The van der Waals surface area contributed by atoms with E-state index in [0.717, 1.165) is 24.8 Å². The van der Waals surface area contributed by atoms with Gasteiger partial charge in [0, 0.05) is 11.1 Å². The van der Waals surface area contributed by atoms with Gasteiger partial charge in [-0.25, -0.2) is 0 Å². The summed E-state index contributed by atoms with van der Waals surface area (Å²) in [6.45, 7) is 2.39. The number of rotatable bonds is 3. The van der Waals surface area contributed by atoms with Crippen molar-refractivity contribution in [1.82, 2.24) is 0 Å². The molecule has 0 heterocycles. The van der Waals surface area contributed by atoms with Crippen molar-refractivity contribution in [3.8, 4) is 17.2 Å². The fourth-order valence-corrected chi connectivity index (χ4v) is 6.46. The van der Waals surface area contributed by atoms with Gasteiger partial charge in [-0.2, -0.15) is 10.2 Å². The maximum atomic E-state index is 9.87. The summed E-state index contributed by atoms with van der Waals surface area (Å²) in [5.74, 6) is 2.89. The molecule has 0 unspecified atom stereocenters. The second kappa shape index (κ2) is 7.70. The number of phenols is 2. The molecule has 4 atom stereocenters. The number of hydrogen-bond donors (Lipinski definition) is 2. The fraction of sp³-hybridized carbons (Fsp3) is 0.462. The number of fused-ring (bicyclic) bond motifs is 5. The Morgan fingerprint density at radius 1 is 1.06 bits per heavy atom. The lowest BCUT2D eigenvalue weighted by atomic mass is 9.55. The largest absolute Gasteiger partial charge is 0.508 e. The quantitative estimate of drug-likeness (QED) is 0.515. The van der Waals surface area contributed by atoms with Crippen LogP contribution in [0.15, 0.2) is 46.6 Å². The molecule has 0 spiro atoms. The Morgan fingerprint density at radius 3 is 2.77 bits per heavy atom. The first-order valence-electron chi connectivity index (χ1n) is 11.3. The summed E-state index contributed by atoms with van der Waals surface area (Å²) < 4.78 is 5.17. The Labute approximate surface area is 183 Å². The molecular formula is C26H30N2O3. The van der Waals surface area contributed by atoms with Crippen molar-refractivity contribution in [2.75, 3.05) is 7.11 Å². The molecule has 0 amide bonds. The highest BCUT2D eigenvalue weighted by molar-refractivity contribution is 5.93. The number of ether oxygens (including phenoxy) is 1. The second-order valence-electron chi connectivity index (χ2n) is 9.52. The first-order valence-corrected chi connectivity index (χ1v) is 11.3. The van der Waals surface area contributed by atoms with E-state index in [0.29, 0.717) is 29.3 Å². The van der Waals surface area contributed by atoms with Crippen molar-refractivity contribution in [3.63, 3.8) is 0 Å². The van der Waals surface area contributed by atoms with Crippen LogP contribution in [0.3, 0.4) is 0 Å². The summed E-state index contributed by atoms with van der Waals surface area (Å²) >= 11 is 0. The zero-order valence-electron chi connectivity index (χ0n) is 18.2.